The predicted octanol–water partition coefficient (Wildman–Crippen LogP) is 3.06. The first kappa shape index (κ1) is 10.9. The van der Waals surface area contributed by atoms with E-state index in [0.29, 0.717) is 6.54 Å². The number of aromatic nitrogens is 2. The van der Waals surface area contributed by atoms with E-state index in [0.717, 1.165) is 25.9 Å². The molecule has 0 aliphatic rings. The number of aromatic amines is 1. The summed E-state index contributed by atoms with van der Waals surface area (Å²) in [6, 6.07) is 7.97. The summed E-state index contributed by atoms with van der Waals surface area (Å²) in [4.78, 5) is 0. The molecule has 0 spiro atoms. The number of nitrogens with one attached hydrogen (secondary N) is 1. The standard InChI is InChI=1S/C10H9Br2N3/c11-7-1-6(2-8(12)3-7)10-4-9(5-13)14-15-10/h1-4H,5,13H2,(H,14,15). The summed E-state index contributed by atoms with van der Waals surface area (Å²) in [5, 5.41) is 7.08. The topological polar surface area (TPSA) is 54.7 Å². The van der Waals surface area contributed by atoms with Crippen molar-refractivity contribution in [3.05, 3.63) is 38.9 Å². The molecular formula is C10H9Br2N3. The minimum Gasteiger partial charge on any atom is -0.325 e. The molecule has 0 bridgehead atoms. The van der Waals surface area contributed by atoms with Gasteiger partial charge in [-0.25, -0.2) is 0 Å². The minimum atomic E-state index is 0.474. The second-order valence-corrected chi connectivity index (χ2v) is 4.97. The zero-order valence-electron chi connectivity index (χ0n) is 7.80. The van der Waals surface area contributed by atoms with Crippen LogP contribution in [0.15, 0.2) is 33.2 Å². The summed E-state index contributed by atoms with van der Waals surface area (Å²) in [5.74, 6) is 0. The minimum absolute atomic E-state index is 0.474. The molecule has 1 heterocycles. The van der Waals surface area contributed by atoms with Gasteiger partial charge in [-0.05, 0) is 24.3 Å². The Kier molecular flexibility index (Phi) is 3.23. The first-order chi connectivity index (χ1) is 7.19. The van der Waals surface area contributed by atoms with Crippen molar-refractivity contribution in [2.45, 2.75) is 6.54 Å². The third-order valence-electron chi connectivity index (χ3n) is 2.01. The highest BCUT2D eigenvalue weighted by atomic mass is 79.9. The van der Waals surface area contributed by atoms with Crippen molar-refractivity contribution >= 4 is 31.9 Å². The highest BCUT2D eigenvalue weighted by Gasteiger charge is 2.04. The van der Waals surface area contributed by atoms with E-state index in [2.05, 4.69) is 42.1 Å². The lowest BCUT2D eigenvalue weighted by Crippen LogP contribution is -1.95. The van der Waals surface area contributed by atoms with Gasteiger partial charge >= 0.3 is 0 Å². The third kappa shape index (κ3) is 2.48. The van der Waals surface area contributed by atoms with Gasteiger partial charge in [0.05, 0.1) is 5.69 Å². The van der Waals surface area contributed by atoms with Gasteiger partial charge in [-0.2, -0.15) is 5.10 Å². The highest BCUT2D eigenvalue weighted by molar-refractivity contribution is 9.11. The van der Waals surface area contributed by atoms with Crippen molar-refractivity contribution in [2.75, 3.05) is 0 Å². The SMILES string of the molecule is NCc1cc(-c2cc(Br)cc(Br)c2)n[nH]1. The molecule has 0 saturated carbocycles. The molecule has 3 nitrogen and oxygen atoms in total. The molecule has 0 atom stereocenters. The van der Waals surface area contributed by atoms with Gasteiger partial charge in [0, 0.05) is 26.7 Å². The summed E-state index contributed by atoms with van der Waals surface area (Å²) in [6.45, 7) is 0.474. The van der Waals surface area contributed by atoms with Gasteiger partial charge in [-0.1, -0.05) is 31.9 Å². The van der Waals surface area contributed by atoms with Crippen LogP contribution in [-0.4, -0.2) is 10.2 Å². The van der Waals surface area contributed by atoms with E-state index in [4.69, 9.17) is 5.73 Å². The van der Waals surface area contributed by atoms with E-state index in [1.165, 1.54) is 0 Å². The number of halogens is 2. The Bertz CT molecular complexity index is 459. The average molecular weight is 331 g/mol. The largest absolute Gasteiger partial charge is 0.325 e. The van der Waals surface area contributed by atoms with Crippen LogP contribution in [0, 0.1) is 0 Å². The van der Waals surface area contributed by atoms with Gasteiger partial charge in [-0.3, -0.25) is 5.10 Å². The quantitative estimate of drug-likeness (QED) is 0.889. The van der Waals surface area contributed by atoms with Gasteiger partial charge in [-0.15, -0.1) is 0 Å². The van der Waals surface area contributed by atoms with Crippen molar-refractivity contribution in [2.24, 2.45) is 5.73 Å². The predicted molar refractivity (Wildman–Crippen MR) is 67.3 cm³/mol. The van der Waals surface area contributed by atoms with Crippen molar-refractivity contribution in [1.82, 2.24) is 10.2 Å². The summed E-state index contributed by atoms with van der Waals surface area (Å²) in [6.07, 6.45) is 0. The molecule has 2 aromatic rings. The molecule has 15 heavy (non-hydrogen) atoms. The normalized spacial score (nSPS) is 10.6. The summed E-state index contributed by atoms with van der Waals surface area (Å²) >= 11 is 6.88. The van der Waals surface area contributed by atoms with Gasteiger partial charge in [0.15, 0.2) is 0 Å². The Morgan fingerprint density at radius 2 is 1.80 bits per heavy atom. The fraction of sp³-hybridized carbons (Fsp3) is 0.100. The van der Waals surface area contributed by atoms with Gasteiger partial charge < -0.3 is 5.73 Å². The molecule has 0 radical (unpaired) electrons. The smallest absolute Gasteiger partial charge is 0.0924 e. The Balaban J connectivity index is 2.44. The van der Waals surface area contributed by atoms with Crippen LogP contribution in [0.2, 0.25) is 0 Å². The molecule has 1 aromatic carbocycles. The maximum absolute atomic E-state index is 5.51. The van der Waals surface area contributed by atoms with Crippen LogP contribution in [0.4, 0.5) is 0 Å². The van der Waals surface area contributed by atoms with Crippen molar-refractivity contribution < 1.29 is 0 Å². The highest BCUT2D eigenvalue weighted by Crippen LogP contribution is 2.26. The van der Waals surface area contributed by atoms with Crippen LogP contribution in [0.1, 0.15) is 5.69 Å². The Morgan fingerprint density at radius 1 is 1.13 bits per heavy atom. The van der Waals surface area contributed by atoms with Crippen LogP contribution in [0.25, 0.3) is 11.3 Å². The Labute approximate surface area is 104 Å². The zero-order chi connectivity index (χ0) is 10.8. The average Bonchev–Trinajstić information content (AvgIpc) is 2.64. The number of hydrogen-bond donors (Lipinski definition) is 2. The molecule has 78 valence electrons. The van der Waals surface area contributed by atoms with Gasteiger partial charge in [0.1, 0.15) is 0 Å². The molecule has 3 N–H and O–H groups in total. The van der Waals surface area contributed by atoms with Crippen LogP contribution < -0.4 is 5.73 Å². The molecule has 0 aliphatic carbocycles. The third-order valence-corrected chi connectivity index (χ3v) is 2.92. The first-order valence-corrected chi connectivity index (χ1v) is 5.98. The van der Waals surface area contributed by atoms with E-state index in [-0.39, 0.29) is 0 Å². The van der Waals surface area contributed by atoms with Crippen molar-refractivity contribution in [3.8, 4) is 11.3 Å². The lowest BCUT2D eigenvalue weighted by Gasteiger charge is -1.99. The fourth-order valence-electron chi connectivity index (χ4n) is 1.32. The van der Waals surface area contributed by atoms with E-state index in [1.807, 2.05) is 24.3 Å². The number of nitrogens with two attached hydrogens (primary N) is 1. The lowest BCUT2D eigenvalue weighted by atomic mass is 10.1. The first-order valence-electron chi connectivity index (χ1n) is 4.40. The molecule has 0 unspecified atom stereocenters. The molecule has 0 fully saturated rings. The monoisotopic (exact) mass is 329 g/mol. The van der Waals surface area contributed by atoms with Crippen molar-refractivity contribution in [1.29, 1.82) is 0 Å². The zero-order valence-corrected chi connectivity index (χ0v) is 11.0. The molecule has 5 heteroatoms. The number of nitrogens with zero attached hydrogens (tertiary/aromatic N) is 1. The van der Waals surface area contributed by atoms with Crippen molar-refractivity contribution in [3.63, 3.8) is 0 Å². The molecular weight excluding hydrogens is 322 g/mol. The van der Waals surface area contributed by atoms with Crippen LogP contribution in [-0.2, 0) is 6.54 Å². The maximum Gasteiger partial charge on any atom is 0.0924 e. The maximum atomic E-state index is 5.51. The Hall–Kier alpha value is -0.650. The number of rotatable bonds is 2. The lowest BCUT2D eigenvalue weighted by molar-refractivity contribution is 0.948. The molecule has 1 aromatic heterocycles. The van der Waals surface area contributed by atoms with Gasteiger partial charge in [0.2, 0.25) is 0 Å². The number of hydrogen-bond acceptors (Lipinski definition) is 2. The Morgan fingerprint density at radius 3 is 2.33 bits per heavy atom. The second-order valence-electron chi connectivity index (χ2n) is 3.14. The summed E-state index contributed by atoms with van der Waals surface area (Å²) in [7, 11) is 0. The fourth-order valence-corrected chi connectivity index (χ4v) is 2.61. The van der Waals surface area contributed by atoms with Crippen LogP contribution >= 0.6 is 31.9 Å². The van der Waals surface area contributed by atoms with Crippen LogP contribution in [0.5, 0.6) is 0 Å². The molecule has 2 rings (SSSR count). The van der Waals surface area contributed by atoms with E-state index < -0.39 is 0 Å². The van der Waals surface area contributed by atoms with Crippen LogP contribution in [0.3, 0.4) is 0 Å². The second kappa shape index (κ2) is 4.47. The number of benzene rings is 1. The van der Waals surface area contributed by atoms with E-state index in [1.54, 1.807) is 0 Å². The van der Waals surface area contributed by atoms with E-state index >= 15 is 0 Å². The molecule has 0 aliphatic heterocycles. The summed E-state index contributed by atoms with van der Waals surface area (Å²) in [5.41, 5.74) is 8.39. The van der Waals surface area contributed by atoms with Gasteiger partial charge in [0.25, 0.3) is 0 Å². The number of H-pyrrole nitrogens is 1. The molecule has 0 amide bonds. The molecule has 0 saturated heterocycles. The summed E-state index contributed by atoms with van der Waals surface area (Å²) < 4.78 is 2.04. The van der Waals surface area contributed by atoms with E-state index in [9.17, 15) is 0 Å².